The number of carbonyl (C=O) groups is 3. The van der Waals surface area contributed by atoms with Crippen molar-refractivity contribution in [3.05, 3.63) is 71.8 Å². The van der Waals surface area contributed by atoms with Crippen LogP contribution in [0, 0.1) is 0 Å². The Bertz CT molecular complexity index is 934. The monoisotopic (exact) mass is 452 g/mol. The normalized spacial score (nSPS) is 19.6. The summed E-state index contributed by atoms with van der Waals surface area (Å²) in [7, 11) is 0. The minimum atomic E-state index is -1.01. The Kier molecular flexibility index (Phi) is 8.60. The average molecular weight is 453 g/mol. The van der Waals surface area contributed by atoms with E-state index in [1.54, 1.807) is 13.8 Å². The zero-order chi connectivity index (χ0) is 23.8. The van der Waals surface area contributed by atoms with Gasteiger partial charge >= 0.3 is 11.9 Å². The first-order valence-corrected chi connectivity index (χ1v) is 11.5. The van der Waals surface area contributed by atoms with Gasteiger partial charge in [-0.3, -0.25) is 14.9 Å². The number of aliphatic carboxylic acids is 1. The fourth-order valence-corrected chi connectivity index (χ4v) is 4.37. The second kappa shape index (κ2) is 11.6. The van der Waals surface area contributed by atoms with Crippen molar-refractivity contribution in [3.63, 3.8) is 0 Å². The van der Waals surface area contributed by atoms with Crippen molar-refractivity contribution in [2.75, 3.05) is 13.2 Å². The van der Waals surface area contributed by atoms with Gasteiger partial charge in [0.2, 0.25) is 5.91 Å². The number of aryl methyl sites for hydroxylation is 1. The molecule has 0 unspecified atom stereocenters. The lowest BCUT2D eigenvalue weighted by atomic mass is 9.96. The van der Waals surface area contributed by atoms with Crippen LogP contribution in [0.3, 0.4) is 0 Å². The largest absolute Gasteiger partial charge is 0.480 e. The van der Waals surface area contributed by atoms with Crippen LogP contribution < -0.4 is 5.32 Å². The number of ether oxygens (including phenoxy) is 1. The summed E-state index contributed by atoms with van der Waals surface area (Å²) < 4.78 is 5.21. The summed E-state index contributed by atoms with van der Waals surface area (Å²) in [5, 5.41) is 12.8. The molecule has 2 N–H and O–H groups in total. The molecule has 1 saturated heterocycles. The zero-order valence-corrected chi connectivity index (χ0v) is 19.1. The van der Waals surface area contributed by atoms with E-state index in [1.807, 2.05) is 60.7 Å². The molecule has 0 saturated carbocycles. The van der Waals surface area contributed by atoms with E-state index in [9.17, 15) is 19.5 Å². The summed E-state index contributed by atoms with van der Waals surface area (Å²) >= 11 is 0. The predicted molar refractivity (Wildman–Crippen MR) is 125 cm³/mol. The smallest absolute Gasteiger partial charge is 0.326 e. The van der Waals surface area contributed by atoms with E-state index in [2.05, 4.69) is 5.32 Å². The van der Waals surface area contributed by atoms with Gasteiger partial charge in [0.15, 0.2) is 0 Å². The first-order valence-electron chi connectivity index (χ1n) is 11.5. The molecular formula is C26H32N2O5. The van der Waals surface area contributed by atoms with E-state index in [-0.39, 0.29) is 18.4 Å². The van der Waals surface area contributed by atoms with E-state index in [0.717, 1.165) is 11.1 Å². The zero-order valence-electron chi connectivity index (χ0n) is 19.1. The number of carboxylic acids is 1. The molecule has 4 atom stereocenters. The molecule has 1 heterocycles. The highest BCUT2D eigenvalue weighted by molar-refractivity contribution is 5.88. The Hall–Kier alpha value is -3.19. The van der Waals surface area contributed by atoms with E-state index >= 15 is 0 Å². The van der Waals surface area contributed by atoms with Gasteiger partial charge < -0.3 is 14.7 Å². The predicted octanol–water partition coefficient (Wildman–Crippen LogP) is 3.00. The van der Waals surface area contributed by atoms with Crippen LogP contribution >= 0.6 is 0 Å². The van der Waals surface area contributed by atoms with Gasteiger partial charge in [0, 0.05) is 12.5 Å². The quantitative estimate of drug-likeness (QED) is 0.538. The summed E-state index contributed by atoms with van der Waals surface area (Å²) in [6.45, 7) is 3.99. The molecule has 0 radical (unpaired) electrons. The SMILES string of the molecule is CCOC(=O)[C@H](CCc1ccccc1)N[C@@H](C)C(=O)N1C[C@@H](c2ccccc2)C[C@H]1C(=O)O. The number of rotatable bonds is 10. The molecular weight excluding hydrogens is 420 g/mol. The lowest BCUT2D eigenvalue weighted by Crippen LogP contribution is -2.53. The van der Waals surface area contributed by atoms with E-state index in [0.29, 0.717) is 25.8 Å². The third-order valence-electron chi connectivity index (χ3n) is 6.10. The van der Waals surface area contributed by atoms with Gasteiger partial charge in [0.1, 0.15) is 12.1 Å². The highest BCUT2D eigenvalue weighted by atomic mass is 16.5. The Labute approximate surface area is 194 Å². The molecule has 1 aliphatic rings. The number of nitrogens with one attached hydrogen (secondary N) is 1. The number of amides is 1. The lowest BCUT2D eigenvalue weighted by Gasteiger charge is -2.28. The van der Waals surface area contributed by atoms with Gasteiger partial charge in [-0.2, -0.15) is 0 Å². The minimum absolute atomic E-state index is 0.0395. The van der Waals surface area contributed by atoms with Gasteiger partial charge in [-0.05, 0) is 44.2 Å². The lowest BCUT2D eigenvalue weighted by molar-refractivity contribution is -0.150. The Balaban J connectivity index is 1.69. The van der Waals surface area contributed by atoms with Crippen LogP contribution in [0.1, 0.15) is 43.7 Å². The number of nitrogens with zero attached hydrogens (tertiary/aromatic N) is 1. The molecule has 1 amide bonds. The number of carboxylic acid groups (broad SMARTS) is 1. The molecule has 2 aromatic carbocycles. The fraction of sp³-hybridized carbons (Fsp3) is 0.423. The van der Waals surface area contributed by atoms with Gasteiger partial charge in [0.25, 0.3) is 0 Å². The third-order valence-corrected chi connectivity index (χ3v) is 6.10. The van der Waals surface area contributed by atoms with Gasteiger partial charge in [-0.1, -0.05) is 60.7 Å². The van der Waals surface area contributed by atoms with E-state index in [4.69, 9.17) is 4.74 Å². The summed E-state index contributed by atoms with van der Waals surface area (Å²) in [6, 6.07) is 17.2. The Morgan fingerprint density at radius 1 is 1.09 bits per heavy atom. The van der Waals surface area contributed by atoms with Crippen LogP contribution in [0.15, 0.2) is 60.7 Å². The van der Waals surface area contributed by atoms with Crippen LogP contribution in [0.25, 0.3) is 0 Å². The first-order chi connectivity index (χ1) is 15.9. The maximum Gasteiger partial charge on any atom is 0.326 e. The second-order valence-corrected chi connectivity index (χ2v) is 8.41. The molecule has 2 aromatic rings. The van der Waals surface area contributed by atoms with Crippen LogP contribution in [-0.2, 0) is 25.5 Å². The van der Waals surface area contributed by atoms with E-state index in [1.165, 1.54) is 4.90 Å². The number of hydrogen-bond acceptors (Lipinski definition) is 5. The highest BCUT2D eigenvalue weighted by Crippen LogP contribution is 2.32. The number of esters is 1. The van der Waals surface area contributed by atoms with E-state index < -0.39 is 30.1 Å². The average Bonchev–Trinajstić information content (AvgIpc) is 3.28. The number of hydrogen-bond donors (Lipinski definition) is 2. The molecule has 33 heavy (non-hydrogen) atoms. The maximum atomic E-state index is 13.3. The first kappa shape index (κ1) is 24.5. The van der Waals surface area contributed by atoms with Gasteiger partial charge in [-0.15, -0.1) is 0 Å². The fourth-order valence-electron chi connectivity index (χ4n) is 4.37. The van der Waals surface area contributed by atoms with Crippen molar-refractivity contribution in [1.82, 2.24) is 10.2 Å². The number of likely N-dealkylation sites (tertiary alicyclic amines) is 1. The van der Waals surface area contributed by atoms with Crippen molar-refractivity contribution in [2.45, 2.75) is 57.2 Å². The number of carbonyl (C=O) groups excluding carboxylic acids is 2. The number of benzene rings is 2. The second-order valence-electron chi connectivity index (χ2n) is 8.41. The maximum absolute atomic E-state index is 13.3. The summed E-state index contributed by atoms with van der Waals surface area (Å²) in [4.78, 5) is 39.2. The standard InChI is InChI=1S/C26H32N2O5/c1-3-33-26(32)22(15-14-19-10-6-4-7-11-19)27-18(2)24(29)28-17-21(16-23(28)25(30)31)20-12-8-5-9-13-20/h4-13,18,21-23,27H,3,14-17H2,1-2H3,(H,30,31)/t18-,21-,22-,23-/m0/s1. The van der Waals surface area contributed by atoms with Crippen molar-refractivity contribution in [3.8, 4) is 0 Å². The molecule has 0 spiro atoms. The molecule has 0 aromatic heterocycles. The van der Waals surface area contributed by atoms with Gasteiger partial charge in [0.05, 0.1) is 12.6 Å². The molecule has 7 heteroatoms. The molecule has 7 nitrogen and oxygen atoms in total. The third kappa shape index (κ3) is 6.42. The molecule has 0 aliphatic carbocycles. The summed E-state index contributed by atoms with van der Waals surface area (Å²) in [5.74, 6) is -1.79. The molecule has 176 valence electrons. The molecule has 0 bridgehead atoms. The van der Waals surface area contributed by atoms with Crippen LogP contribution in [0.5, 0.6) is 0 Å². The van der Waals surface area contributed by atoms with Crippen LogP contribution in [-0.4, -0.2) is 59.1 Å². The molecule has 1 fully saturated rings. The van der Waals surface area contributed by atoms with Crippen molar-refractivity contribution in [2.24, 2.45) is 0 Å². The van der Waals surface area contributed by atoms with Crippen molar-refractivity contribution >= 4 is 17.8 Å². The Morgan fingerprint density at radius 2 is 1.73 bits per heavy atom. The Morgan fingerprint density at radius 3 is 2.33 bits per heavy atom. The summed E-state index contributed by atoms with van der Waals surface area (Å²) in [5.41, 5.74) is 2.11. The van der Waals surface area contributed by atoms with Crippen molar-refractivity contribution < 1.29 is 24.2 Å². The summed E-state index contributed by atoms with van der Waals surface area (Å²) in [6.07, 6.45) is 1.48. The minimum Gasteiger partial charge on any atom is -0.480 e. The topological polar surface area (TPSA) is 95.9 Å². The molecule has 1 aliphatic heterocycles. The van der Waals surface area contributed by atoms with Crippen LogP contribution in [0.2, 0.25) is 0 Å². The van der Waals surface area contributed by atoms with Crippen molar-refractivity contribution in [1.29, 1.82) is 0 Å². The molecule has 3 rings (SSSR count). The van der Waals surface area contributed by atoms with Crippen LogP contribution in [0.4, 0.5) is 0 Å². The highest BCUT2D eigenvalue weighted by Gasteiger charge is 2.41. The van der Waals surface area contributed by atoms with Gasteiger partial charge in [-0.25, -0.2) is 4.79 Å².